The molecule has 2 saturated heterocycles. The summed E-state index contributed by atoms with van der Waals surface area (Å²) in [5.41, 5.74) is 12.6. The van der Waals surface area contributed by atoms with Crippen LogP contribution in [0.3, 0.4) is 0 Å². The number of hydrogen-bond acceptors (Lipinski definition) is 21. The highest BCUT2D eigenvalue weighted by molar-refractivity contribution is 7.16. The highest BCUT2D eigenvalue weighted by Crippen LogP contribution is 2.38. The number of nitrogens with one attached hydrogen (secondary N) is 1. The van der Waals surface area contributed by atoms with E-state index in [1.165, 1.54) is 27.6 Å². The van der Waals surface area contributed by atoms with E-state index >= 15 is 0 Å². The van der Waals surface area contributed by atoms with Crippen LogP contribution in [0.25, 0.3) is 22.1 Å². The molecule has 0 bridgehead atoms. The smallest absolute Gasteiger partial charge is 0.410 e. The van der Waals surface area contributed by atoms with Gasteiger partial charge in [-0.3, -0.25) is 10.1 Å². The summed E-state index contributed by atoms with van der Waals surface area (Å²) in [5.74, 6) is 3.01. The maximum absolute atomic E-state index is 13.1. The molecule has 3 amide bonds. The molecule has 4 aliphatic heterocycles. The second kappa shape index (κ2) is 32.8. The van der Waals surface area contributed by atoms with Crippen molar-refractivity contribution < 1.29 is 52.7 Å². The fourth-order valence-corrected chi connectivity index (χ4v) is 15.0. The lowest BCUT2D eigenvalue weighted by molar-refractivity contribution is 0.0156. The Morgan fingerprint density at radius 1 is 0.562 bits per heavy atom. The Kier molecular flexibility index (Phi) is 23.3. The fraction of sp³-hybridized carbons (Fsp3) is 0.410. The number of carboxylic acids is 1. The third kappa shape index (κ3) is 19.4. The van der Waals surface area contributed by atoms with Crippen LogP contribution in [0.5, 0.6) is 34.5 Å². The Morgan fingerprint density at radius 3 is 1.43 bits per heavy atom. The molecule has 0 unspecified atom stereocenters. The minimum atomic E-state index is -0.997. The summed E-state index contributed by atoms with van der Waals surface area (Å²) in [5, 5.41) is 25.3. The molecule has 0 aliphatic carbocycles. The third-order valence-electron chi connectivity index (χ3n) is 18.4. The minimum absolute atomic E-state index is 0.182. The highest BCUT2D eigenvalue weighted by atomic mass is 32.1. The second-order valence-corrected chi connectivity index (χ2v) is 31.2. The number of aromatic nitrogens is 8. The van der Waals surface area contributed by atoms with Crippen LogP contribution >= 0.6 is 22.7 Å². The van der Waals surface area contributed by atoms with Gasteiger partial charge in [0.05, 0.1) is 66.4 Å². The largest absolute Gasteiger partial charge is 0.497 e. The SMILES string of the molecule is CN1CCc2sc(N)nc2C1.COc1ccc(Cn2nc(C[C@@H]3CCCN(C(=O)OC(C)(C)C)C3)c3c(Oc4ccc(C(=O)Nc5nc6c(s5)CCN(C)C6)cc4)ccnc32)cc1.COc1ccc(Cn2nc(C[C@@H]3CCCN(C(=O)OC(C)(C)C)C3)c3c(Oc4ccc(C(=O)O)cc4)ccnc32)cc1. The predicted molar refractivity (Wildman–Crippen MR) is 404 cm³/mol. The van der Waals surface area contributed by atoms with E-state index in [1.54, 1.807) is 96.7 Å². The molecule has 0 radical (unpaired) electrons. The monoisotopic (exact) mass is 1460 g/mol. The number of carboxylic acid groups (broad SMARTS) is 1. The molecule has 14 rings (SSSR count). The Labute approximate surface area is 619 Å². The van der Waals surface area contributed by atoms with Crippen molar-refractivity contribution >= 4 is 79.1 Å². The number of likely N-dealkylation sites (N-methyl/N-ethyl adjacent to an activating group) is 2. The van der Waals surface area contributed by atoms with Crippen molar-refractivity contribution in [3.8, 4) is 34.5 Å². The van der Waals surface area contributed by atoms with Crippen molar-refractivity contribution in [1.82, 2.24) is 59.1 Å². The maximum Gasteiger partial charge on any atom is 0.410 e. The van der Waals surface area contributed by atoms with Crippen molar-refractivity contribution in [3.05, 3.63) is 176 Å². The summed E-state index contributed by atoms with van der Waals surface area (Å²) in [6.45, 7) is 18.7. The Morgan fingerprint density at radius 2 is 0.990 bits per heavy atom. The molecule has 4 N–H and O–H groups in total. The quantitative estimate of drug-likeness (QED) is 0.0763. The zero-order valence-corrected chi connectivity index (χ0v) is 62.9. The van der Waals surface area contributed by atoms with E-state index in [0.29, 0.717) is 102 Å². The van der Waals surface area contributed by atoms with Gasteiger partial charge in [-0.05, 0) is 215 Å². The number of piperidine rings is 2. The number of likely N-dealkylation sites (tertiary alicyclic amines) is 2. The molecule has 10 aromatic rings. The van der Waals surface area contributed by atoms with Crippen molar-refractivity contribution in [2.45, 2.75) is 130 Å². The van der Waals surface area contributed by atoms with E-state index < -0.39 is 17.2 Å². The van der Waals surface area contributed by atoms with Gasteiger partial charge < -0.3 is 58.9 Å². The third-order valence-corrected chi connectivity index (χ3v) is 20.4. The Hall–Kier alpha value is -10.2. The van der Waals surface area contributed by atoms with Crippen LogP contribution in [-0.2, 0) is 61.3 Å². The molecular formula is C78H92N14O11S2. The van der Waals surface area contributed by atoms with Gasteiger partial charge >= 0.3 is 18.2 Å². The van der Waals surface area contributed by atoms with E-state index in [0.717, 1.165) is 115 Å². The van der Waals surface area contributed by atoms with Crippen molar-refractivity contribution in [3.63, 3.8) is 0 Å². The van der Waals surface area contributed by atoms with Gasteiger partial charge in [-0.2, -0.15) is 10.2 Å². The number of carbonyl (C=O) groups excluding carboxylic acids is 3. The van der Waals surface area contributed by atoms with E-state index in [1.807, 2.05) is 110 Å². The number of amides is 3. The van der Waals surface area contributed by atoms with Crippen LogP contribution in [0.15, 0.2) is 122 Å². The first-order valence-electron chi connectivity index (χ1n) is 35.5. The number of benzene rings is 4. The number of nitrogen functional groups attached to an aromatic ring is 1. The zero-order valence-electron chi connectivity index (χ0n) is 61.2. The van der Waals surface area contributed by atoms with Gasteiger partial charge in [0.15, 0.2) is 21.6 Å². The average Bonchev–Trinajstić information content (AvgIpc) is 1.63. The molecule has 4 aromatic carbocycles. The number of aromatic carboxylic acids is 1. The van der Waals surface area contributed by atoms with Gasteiger partial charge in [0.25, 0.3) is 5.91 Å². The average molecular weight is 1470 g/mol. The summed E-state index contributed by atoms with van der Waals surface area (Å²) in [6, 6.07) is 32.8. The number of methoxy groups -OCH3 is 2. The number of rotatable bonds is 17. The Bertz CT molecular complexity index is 4680. The number of fused-ring (bicyclic) bond motifs is 4. The van der Waals surface area contributed by atoms with Crippen LogP contribution in [0.4, 0.5) is 19.9 Å². The van der Waals surface area contributed by atoms with Crippen LogP contribution < -0.4 is 30.0 Å². The lowest BCUT2D eigenvalue weighted by atomic mass is 9.93. The normalized spacial score (nSPS) is 16.2. The number of ether oxygens (including phenoxy) is 6. The maximum atomic E-state index is 13.1. The molecule has 10 heterocycles. The van der Waals surface area contributed by atoms with Gasteiger partial charge in [-0.15, -0.1) is 22.7 Å². The van der Waals surface area contributed by atoms with Crippen LogP contribution in [0.1, 0.15) is 132 Å². The first-order valence-corrected chi connectivity index (χ1v) is 37.1. The number of nitrogens with zero attached hydrogens (tertiary/aromatic N) is 12. The van der Waals surface area contributed by atoms with E-state index in [-0.39, 0.29) is 35.5 Å². The van der Waals surface area contributed by atoms with E-state index in [2.05, 4.69) is 44.2 Å². The predicted octanol–water partition coefficient (Wildman–Crippen LogP) is 14.0. The fourth-order valence-electron chi connectivity index (χ4n) is 13.3. The molecule has 6 aromatic heterocycles. The van der Waals surface area contributed by atoms with Crippen LogP contribution in [0.2, 0.25) is 0 Å². The highest BCUT2D eigenvalue weighted by Gasteiger charge is 2.33. The molecule has 27 heteroatoms. The number of nitrogens with two attached hydrogens (primary N) is 1. The molecular weight excluding hydrogens is 1370 g/mol. The van der Waals surface area contributed by atoms with E-state index in [9.17, 15) is 24.3 Å². The lowest BCUT2D eigenvalue weighted by Gasteiger charge is -2.34. The zero-order chi connectivity index (χ0) is 74.1. The van der Waals surface area contributed by atoms with Crippen molar-refractivity contribution in [1.29, 1.82) is 0 Å². The van der Waals surface area contributed by atoms with Gasteiger partial charge in [-0.25, -0.2) is 43.7 Å². The topological polar surface area (TPSA) is 282 Å². The van der Waals surface area contributed by atoms with E-state index in [4.69, 9.17) is 49.3 Å². The van der Waals surface area contributed by atoms with Gasteiger partial charge in [-0.1, -0.05) is 24.3 Å². The van der Waals surface area contributed by atoms with Gasteiger partial charge in [0, 0.05) is 80.1 Å². The molecule has 4 aliphatic rings. The number of anilines is 2. The van der Waals surface area contributed by atoms with Crippen molar-refractivity contribution in [2.75, 3.05) is 78.6 Å². The summed E-state index contributed by atoms with van der Waals surface area (Å²) >= 11 is 3.18. The molecule has 2 atom stereocenters. The summed E-state index contributed by atoms with van der Waals surface area (Å²) in [4.78, 5) is 79.3. The number of thiazole rings is 2. The summed E-state index contributed by atoms with van der Waals surface area (Å²) in [7, 11) is 7.48. The Balaban J connectivity index is 0.000000174. The molecule has 25 nitrogen and oxygen atoms in total. The first kappa shape index (κ1) is 74.5. The van der Waals surface area contributed by atoms with Gasteiger partial charge in [0.1, 0.15) is 45.7 Å². The van der Waals surface area contributed by atoms with Crippen molar-refractivity contribution in [2.24, 2.45) is 11.8 Å². The lowest BCUT2D eigenvalue weighted by Crippen LogP contribution is -2.43. The number of pyridine rings is 2. The van der Waals surface area contributed by atoms with Crippen LogP contribution in [-0.4, -0.2) is 167 Å². The summed E-state index contributed by atoms with van der Waals surface area (Å²) < 4.78 is 38.6. The standard InChI is InChI=1S/C39H45N7O5S.C32H36N4O6.C7H11N3S/c1-39(2,3)51-38(48)45-19-6-7-26(22-45)21-30-34-32(16-18-40-35(34)46(43-30)23-25-8-12-28(49-5)13-9-25)50-29-14-10-27(11-15-29)36(47)42-37-41-31-24-44(4)20-17-33(31)52-37;1-32(2,3)42-31(39)35-17-5-6-22(19-35)18-26-28-27(41-25-13-9-23(10-14-25)30(37)38)15-16-33-29(28)36(34-26)20-21-7-11-24(40-4)12-8-21;1-10-3-2-6-5(4-10)9-7(8)11-6/h8-16,18,26H,6-7,17,19-24H2,1-5H3,(H,41,42,47);7-16,22H,5-6,17-20H2,1-4H3,(H,37,38);2-4H2,1H3,(H2,8,9)/t26-;22-;/m00./s1. The van der Waals surface area contributed by atoms with Gasteiger partial charge in [0.2, 0.25) is 0 Å². The first-order chi connectivity index (χ1) is 50.4. The number of carbonyl (C=O) groups is 4. The molecule has 0 spiro atoms. The molecule has 105 heavy (non-hydrogen) atoms. The summed E-state index contributed by atoms with van der Waals surface area (Å²) in [6.07, 6.45) is 9.85. The molecule has 2 fully saturated rings. The second-order valence-electron chi connectivity index (χ2n) is 29.0. The molecule has 552 valence electrons. The number of hydrogen-bond donors (Lipinski definition) is 3. The van der Waals surface area contributed by atoms with Crippen LogP contribution in [0, 0.1) is 11.8 Å². The minimum Gasteiger partial charge on any atom is -0.497 e. The molecule has 0 saturated carbocycles.